The van der Waals surface area contributed by atoms with E-state index in [0.29, 0.717) is 23.7 Å². The van der Waals surface area contributed by atoms with Crippen molar-refractivity contribution in [2.45, 2.75) is 65.4 Å². The van der Waals surface area contributed by atoms with Crippen LogP contribution < -0.4 is 0 Å². The Labute approximate surface area is 166 Å². The van der Waals surface area contributed by atoms with Crippen molar-refractivity contribution in [3.05, 3.63) is 30.3 Å². The van der Waals surface area contributed by atoms with Crippen LogP contribution >= 0.6 is 12.4 Å². The largest absolute Gasteiger partial charge is 0.297 e. The average Bonchev–Trinajstić information content (AvgIpc) is 2.54. The van der Waals surface area contributed by atoms with Crippen LogP contribution in [-0.4, -0.2) is 14.5 Å². The van der Waals surface area contributed by atoms with E-state index in [4.69, 9.17) is 4.18 Å². The van der Waals surface area contributed by atoms with Crippen LogP contribution in [0.15, 0.2) is 35.2 Å². The minimum absolute atomic E-state index is 0. The Balaban J connectivity index is 0.00000338. The minimum Gasteiger partial charge on any atom is -0.262 e. The third-order valence-electron chi connectivity index (χ3n) is 5.92. The Bertz CT molecular complexity index is 622. The Morgan fingerprint density at radius 3 is 1.69 bits per heavy atom. The normalized spacial score (nSPS) is 27.0. The first-order valence-electron chi connectivity index (χ1n) is 9.61. The third-order valence-corrected chi connectivity index (χ3v) is 7.24. The standard InChI is InChI=1S/C21H34O3S.ClH/c1-14(2)17-12-19(15(3)4)21(20(13-17)16(5)6)24-25(22,23)18-10-8-7-9-11-18;/h7-11,14-17,19-21H,12-13H2,1-6H3;1H. The topological polar surface area (TPSA) is 43.4 Å². The van der Waals surface area contributed by atoms with Crippen molar-refractivity contribution in [1.29, 1.82) is 0 Å². The maximum Gasteiger partial charge on any atom is 0.297 e. The summed E-state index contributed by atoms with van der Waals surface area (Å²) in [5, 5.41) is 0. The average molecular weight is 403 g/mol. The molecular weight excluding hydrogens is 368 g/mol. The van der Waals surface area contributed by atoms with Gasteiger partial charge in [0.15, 0.2) is 0 Å². The van der Waals surface area contributed by atoms with Crippen molar-refractivity contribution >= 4 is 22.5 Å². The Hall–Kier alpha value is -0.580. The molecule has 2 rings (SSSR count). The highest BCUT2D eigenvalue weighted by molar-refractivity contribution is 7.86. The highest BCUT2D eigenvalue weighted by atomic mass is 35.5. The zero-order valence-electron chi connectivity index (χ0n) is 16.9. The lowest BCUT2D eigenvalue weighted by Crippen LogP contribution is -2.45. The summed E-state index contributed by atoms with van der Waals surface area (Å²) in [6.45, 7) is 13.3. The number of benzene rings is 1. The van der Waals surface area contributed by atoms with Gasteiger partial charge >= 0.3 is 0 Å². The zero-order chi connectivity index (χ0) is 18.8. The van der Waals surface area contributed by atoms with Gasteiger partial charge < -0.3 is 0 Å². The van der Waals surface area contributed by atoms with Crippen LogP contribution in [0, 0.1) is 35.5 Å². The Morgan fingerprint density at radius 1 is 0.846 bits per heavy atom. The highest BCUT2D eigenvalue weighted by Crippen LogP contribution is 2.45. The summed E-state index contributed by atoms with van der Waals surface area (Å²) in [4.78, 5) is 0.256. The van der Waals surface area contributed by atoms with Crippen LogP contribution in [0.3, 0.4) is 0 Å². The van der Waals surface area contributed by atoms with E-state index in [0.717, 1.165) is 12.8 Å². The fourth-order valence-corrected chi connectivity index (χ4v) is 5.34. The van der Waals surface area contributed by atoms with E-state index in [9.17, 15) is 8.42 Å². The molecule has 1 aliphatic carbocycles. The van der Waals surface area contributed by atoms with Crippen molar-refractivity contribution in [1.82, 2.24) is 0 Å². The molecule has 0 saturated heterocycles. The molecule has 1 aromatic carbocycles. The molecule has 1 aliphatic rings. The number of hydrogen-bond acceptors (Lipinski definition) is 3. The lowest BCUT2D eigenvalue weighted by Gasteiger charge is -2.45. The summed E-state index contributed by atoms with van der Waals surface area (Å²) in [6, 6.07) is 8.53. The molecule has 0 aliphatic heterocycles. The second kappa shape index (κ2) is 9.57. The van der Waals surface area contributed by atoms with Crippen LogP contribution in [0.25, 0.3) is 0 Å². The number of hydrogen-bond donors (Lipinski definition) is 0. The van der Waals surface area contributed by atoms with Crippen molar-refractivity contribution < 1.29 is 12.6 Å². The molecule has 150 valence electrons. The highest BCUT2D eigenvalue weighted by Gasteiger charge is 2.44. The third kappa shape index (κ3) is 5.46. The van der Waals surface area contributed by atoms with E-state index >= 15 is 0 Å². The van der Waals surface area contributed by atoms with Crippen molar-refractivity contribution in [2.75, 3.05) is 0 Å². The summed E-state index contributed by atoms with van der Waals surface area (Å²) >= 11 is 0. The molecule has 0 heterocycles. The monoisotopic (exact) mass is 402 g/mol. The van der Waals surface area contributed by atoms with Gasteiger partial charge in [-0.1, -0.05) is 59.7 Å². The van der Waals surface area contributed by atoms with Crippen LogP contribution in [0.2, 0.25) is 0 Å². The molecule has 1 saturated carbocycles. The quantitative estimate of drug-likeness (QED) is 0.565. The predicted molar refractivity (Wildman–Crippen MR) is 110 cm³/mol. The van der Waals surface area contributed by atoms with Crippen molar-refractivity contribution in [3.63, 3.8) is 0 Å². The number of halogens is 1. The van der Waals surface area contributed by atoms with E-state index in [1.165, 1.54) is 0 Å². The second-order valence-corrected chi connectivity index (χ2v) is 10.2. The first-order valence-corrected chi connectivity index (χ1v) is 11.0. The maximum atomic E-state index is 12.8. The smallest absolute Gasteiger partial charge is 0.262 e. The van der Waals surface area contributed by atoms with Gasteiger partial charge in [-0.15, -0.1) is 12.4 Å². The molecule has 1 fully saturated rings. The molecule has 0 amide bonds. The van der Waals surface area contributed by atoms with Gasteiger partial charge in [0, 0.05) is 0 Å². The first kappa shape index (κ1) is 23.5. The van der Waals surface area contributed by atoms with E-state index < -0.39 is 10.1 Å². The minimum atomic E-state index is -3.73. The molecule has 1 aromatic rings. The van der Waals surface area contributed by atoms with E-state index in [1.54, 1.807) is 24.3 Å². The van der Waals surface area contributed by atoms with Gasteiger partial charge in [-0.05, 0) is 60.5 Å². The number of rotatable bonds is 6. The SMILES string of the molecule is CC(C)C1CC(C(C)C)C(OS(=O)(=O)c2ccccc2)C(C(C)C)C1.Cl. The Kier molecular flexibility index (Phi) is 8.63. The maximum absolute atomic E-state index is 12.8. The van der Waals surface area contributed by atoms with E-state index in [1.807, 2.05) is 6.07 Å². The second-order valence-electron chi connectivity index (χ2n) is 8.62. The summed E-state index contributed by atoms with van der Waals surface area (Å²) in [5.74, 6) is 2.60. The molecule has 26 heavy (non-hydrogen) atoms. The molecule has 0 radical (unpaired) electrons. The summed E-state index contributed by atoms with van der Waals surface area (Å²) in [6.07, 6.45) is 1.86. The molecule has 2 atom stereocenters. The van der Waals surface area contributed by atoms with Crippen LogP contribution in [-0.2, 0) is 14.3 Å². The molecule has 0 N–H and O–H groups in total. The van der Waals surface area contributed by atoms with Gasteiger partial charge in [-0.3, -0.25) is 4.18 Å². The molecule has 0 bridgehead atoms. The molecule has 3 nitrogen and oxygen atoms in total. The van der Waals surface area contributed by atoms with Gasteiger partial charge in [0.05, 0.1) is 11.0 Å². The fraction of sp³-hybridized carbons (Fsp3) is 0.714. The molecule has 0 spiro atoms. The molecule has 2 unspecified atom stereocenters. The molecule has 5 heteroatoms. The predicted octanol–water partition coefficient (Wildman–Crippen LogP) is 5.79. The molecule has 0 aromatic heterocycles. The summed E-state index contributed by atoms with van der Waals surface area (Å²) in [7, 11) is -3.73. The zero-order valence-corrected chi connectivity index (χ0v) is 18.5. The van der Waals surface area contributed by atoms with Gasteiger partial charge in [0.2, 0.25) is 0 Å². The van der Waals surface area contributed by atoms with Gasteiger partial charge in [0.1, 0.15) is 0 Å². The lowest BCUT2D eigenvalue weighted by atomic mass is 9.64. The van der Waals surface area contributed by atoms with Crippen molar-refractivity contribution in [3.8, 4) is 0 Å². The van der Waals surface area contributed by atoms with Gasteiger partial charge in [0.25, 0.3) is 10.1 Å². The van der Waals surface area contributed by atoms with Gasteiger partial charge in [-0.2, -0.15) is 8.42 Å². The van der Waals surface area contributed by atoms with E-state index in [2.05, 4.69) is 41.5 Å². The summed E-state index contributed by atoms with van der Waals surface area (Å²) in [5.41, 5.74) is 0. The molecular formula is C21H35ClO3S. The first-order chi connectivity index (χ1) is 11.6. The van der Waals surface area contributed by atoms with Crippen LogP contribution in [0.1, 0.15) is 54.4 Å². The van der Waals surface area contributed by atoms with E-state index in [-0.39, 0.29) is 35.2 Å². The fourth-order valence-electron chi connectivity index (χ4n) is 4.16. The van der Waals surface area contributed by atoms with Gasteiger partial charge in [-0.25, -0.2) is 0 Å². The Morgan fingerprint density at radius 2 is 1.31 bits per heavy atom. The van der Waals surface area contributed by atoms with Crippen LogP contribution in [0.5, 0.6) is 0 Å². The summed E-state index contributed by atoms with van der Waals surface area (Å²) < 4.78 is 31.6. The lowest BCUT2D eigenvalue weighted by molar-refractivity contribution is -0.0278. The van der Waals surface area contributed by atoms with Crippen LogP contribution in [0.4, 0.5) is 0 Å². The van der Waals surface area contributed by atoms with Crippen molar-refractivity contribution in [2.24, 2.45) is 35.5 Å².